The van der Waals surface area contributed by atoms with Crippen LogP contribution < -0.4 is 10.6 Å². The summed E-state index contributed by atoms with van der Waals surface area (Å²) in [5.74, 6) is -0.353. The molecule has 142 valence electrons. The molecule has 0 atom stereocenters. The van der Waals surface area contributed by atoms with Crippen LogP contribution in [-0.2, 0) is 11.3 Å². The number of benzene rings is 1. The molecule has 0 radical (unpaired) electrons. The molecule has 2 amide bonds. The van der Waals surface area contributed by atoms with E-state index in [1.165, 1.54) is 6.08 Å². The van der Waals surface area contributed by atoms with Crippen LogP contribution in [0.1, 0.15) is 36.7 Å². The molecule has 1 rings (SSSR count). The number of amides is 2. The van der Waals surface area contributed by atoms with Gasteiger partial charge in [-0.2, -0.15) is 0 Å². The number of hydrogen-bond donors (Lipinski definition) is 2. The van der Waals surface area contributed by atoms with E-state index < -0.39 is 0 Å². The summed E-state index contributed by atoms with van der Waals surface area (Å²) in [6.45, 7) is 10.2. The Balaban J connectivity index is 2.72. The van der Waals surface area contributed by atoms with Crippen molar-refractivity contribution in [1.29, 1.82) is 0 Å². The highest BCUT2D eigenvalue weighted by molar-refractivity contribution is 5.96. The van der Waals surface area contributed by atoms with Gasteiger partial charge in [0.15, 0.2) is 0 Å². The number of rotatable bonds is 9. The zero-order valence-corrected chi connectivity index (χ0v) is 16.3. The fourth-order valence-corrected chi connectivity index (χ4v) is 2.30. The van der Waals surface area contributed by atoms with Crippen molar-refractivity contribution < 1.29 is 9.59 Å². The van der Waals surface area contributed by atoms with Gasteiger partial charge in [0, 0.05) is 24.2 Å². The van der Waals surface area contributed by atoms with Gasteiger partial charge in [0.2, 0.25) is 0 Å². The third-order valence-electron chi connectivity index (χ3n) is 3.80. The minimum Gasteiger partial charge on any atom is -0.348 e. The van der Waals surface area contributed by atoms with Gasteiger partial charge in [0.25, 0.3) is 11.8 Å². The lowest BCUT2D eigenvalue weighted by atomic mass is 10.1. The number of carbonyl (C=O) groups excluding carboxylic acids is 2. The third kappa shape index (κ3) is 7.74. The number of allylic oxidation sites excluding steroid dienone is 5. The van der Waals surface area contributed by atoms with Gasteiger partial charge >= 0.3 is 0 Å². The molecule has 1 aromatic rings. The Bertz CT molecular complexity index is 783. The van der Waals surface area contributed by atoms with Gasteiger partial charge in [-0.3, -0.25) is 9.59 Å². The van der Waals surface area contributed by atoms with E-state index >= 15 is 0 Å². The van der Waals surface area contributed by atoms with Crippen LogP contribution in [-0.4, -0.2) is 18.4 Å². The first-order valence-corrected chi connectivity index (χ1v) is 8.94. The fraction of sp³-hybridized carbons (Fsp3) is 0.217. The monoisotopic (exact) mass is 364 g/mol. The van der Waals surface area contributed by atoms with Gasteiger partial charge < -0.3 is 10.6 Å². The number of carbonyl (C=O) groups is 2. The van der Waals surface area contributed by atoms with Crippen LogP contribution in [0.25, 0.3) is 0 Å². The number of hydrogen-bond acceptors (Lipinski definition) is 2. The molecule has 0 aliphatic heterocycles. The molecular weight excluding hydrogens is 336 g/mol. The van der Waals surface area contributed by atoms with Crippen LogP contribution in [0.4, 0.5) is 0 Å². The lowest BCUT2D eigenvalue weighted by Gasteiger charge is -2.09. The molecule has 0 bridgehead atoms. The van der Waals surface area contributed by atoms with Gasteiger partial charge in [-0.25, -0.2) is 0 Å². The van der Waals surface area contributed by atoms with Crippen LogP contribution in [0.2, 0.25) is 0 Å². The molecule has 0 aliphatic rings. The molecule has 0 unspecified atom stereocenters. The van der Waals surface area contributed by atoms with Crippen molar-refractivity contribution in [3.63, 3.8) is 0 Å². The van der Waals surface area contributed by atoms with E-state index in [2.05, 4.69) is 17.2 Å². The highest BCUT2D eigenvalue weighted by Crippen LogP contribution is 2.07. The molecule has 4 heteroatoms. The third-order valence-corrected chi connectivity index (χ3v) is 3.80. The van der Waals surface area contributed by atoms with E-state index in [0.29, 0.717) is 24.2 Å². The van der Waals surface area contributed by atoms with Gasteiger partial charge in [-0.05, 0) is 50.1 Å². The second kappa shape index (κ2) is 12.3. The highest BCUT2D eigenvalue weighted by atomic mass is 16.2. The van der Waals surface area contributed by atoms with E-state index in [1.54, 1.807) is 24.3 Å². The molecule has 0 aliphatic carbocycles. The van der Waals surface area contributed by atoms with Gasteiger partial charge in [-0.1, -0.05) is 55.2 Å². The number of nitrogens with one attached hydrogen (secondary N) is 2. The van der Waals surface area contributed by atoms with Crippen molar-refractivity contribution in [1.82, 2.24) is 10.6 Å². The van der Waals surface area contributed by atoms with Gasteiger partial charge in [0.1, 0.15) is 0 Å². The molecule has 0 saturated carbocycles. The van der Waals surface area contributed by atoms with Crippen molar-refractivity contribution in [2.75, 3.05) is 6.54 Å². The summed E-state index contributed by atoms with van der Waals surface area (Å²) in [4.78, 5) is 24.5. The second-order valence-corrected chi connectivity index (χ2v) is 5.78. The predicted octanol–water partition coefficient (Wildman–Crippen LogP) is 4.24. The van der Waals surface area contributed by atoms with Gasteiger partial charge in [0.05, 0.1) is 0 Å². The zero-order chi connectivity index (χ0) is 20.1. The lowest BCUT2D eigenvalue weighted by molar-refractivity contribution is -0.117. The van der Waals surface area contributed by atoms with Crippen LogP contribution in [0.3, 0.4) is 0 Å². The standard InChI is InChI=1S/C23H28N2O2/c1-5-9-13-20(8-4)22(26)25-17-19-12-10-14-21(15-19)23(27)24-16-18(7-3)11-6-2/h5-15H,4,16-17H2,1-3H3,(H,24,27)(H,25,26)/b9-5-,11-6-,18-7+,20-13+. The van der Waals surface area contributed by atoms with E-state index in [9.17, 15) is 9.59 Å². The minimum atomic E-state index is -0.206. The summed E-state index contributed by atoms with van der Waals surface area (Å²) >= 11 is 0. The summed E-state index contributed by atoms with van der Waals surface area (Å²) in [6, 6.07) is 7.22. The average Bonchev–Trinajstić information content (AvgIpc) is 2.70. The summed E-state index contributed by atoms with van der Waals surface area (Å²) in [5.41, 5.74) is 2.94. The lowest BCUT2D eigenvalue weighted by Crippen LogP contribution is -2.26. The fourth-order valence-electron chi connectivity index (χ4n) is 2.30. The first-order chi connectivity index (χ1) is 13.0. The maximum absolute atomic E-state index is 12.4. The Morgan fingerprint density at radius 3 is 2.52 bits per heavy atom. The van der Waals surface area contributed by atoms with E-state index in [1.807, 2.05) is 57.2 Å². The van der Waals surface area contributed by atoms with Crippen molar-refractivity contribution in [3.8, 4) is 0 Å². The van der Waals surface area contributed by atoms with Crippen molar-refractivity contribution >= 4 is 11.8 Å². The molecule has 2 N–H and O–H groups in total. The maximum atomic E-state index is 12.4. The summed E-state index contributed by atoms with van der Waals surface area (Å²) in [6.07, 6.45) is 12.7. The Labute approximate surface area is 162 Å². The predicted molar refractivity (Wildman–Crippen MR) is 112 cm³/mol. The molecule has 1 aromatic carbocycles. The Hall–Kier alpha value is -3.14. The first kappa shape index (κ1) is 21.9. The van der Waals surface area contributed by atoms with Crippen molar-refractivity contribution in [2.24, 2.45) is 0 Å². The molecule has 4 nitrogen and oxygen atoms in total. The topological polar surface area (TPSA) is 58.2 Å². The molecule has 0 heterocycles. The smallest absolute Gasteiger partial charge is 0.251 e. The SMILES string of the molecule is C=C/C(=C\C=C/C)C(=O)NCc1cccc(C(=O)NCC(/C=C\C)=C/C)c1. The van der Waals surface area contributed by atoms with Crippen LogP contribution in [0, 0.1) is 0 Å². The molecule has 27 heavy (non-hydrogen) atoms. The zero-order valence-electron chi connectivity index (χ0n) is 16.3. The molecule has 0 fully saturated rings. The molecule has 0 saturated heterocycles. The van der Waals surface area contributed by atoms with Crippen molar-refractivity contribution in [2.45, 2.75) is 27.3 Å². The van der Waals surface area contributed by atoms with Gasteiger partial charge in [-0.15, -0.1) is 0 Å². The Morgan fingerprint density at radius 1 is 1.11 bits per heavy atom. The molecule has 0 aromatic heterocycles. The van der Waals surface area contributed by atoms with Crippen LogP contribution in [0.5, 0.6) is 0 Å². The van der Waals surface area contributed by atoms with Crippen molar-refractivity contribution in [3.05, 3.63) is 95.6 Å². The Kier molecular flexibility index (Phi) is 9.94. The summed E-state index contributed by atoms with van der Waals surface area (Å²) in [7, 11) is 0. The van der Waals surface area contributed by atoms with Crippen LogP contribution in [0.15, 0.2) is 84.5 Å². The Morgan fingerprint density at radius 2 is 1.89 bits per heavy atom. The second-order valence-electron chi connectivity index (χ2n) is 5.78. The molecule has 0 spiro atoms. The first-order valence-electron chi connectivity index (χ1n) is 8.94. The summed E-state index contributed by atoms with van der Waals surface area (Å²) in [5, 5.41) is 5.74. The minimum absolute atomic E-state index is 0.146. The average molecular weight is 364 g/mol. The largest absolute Gasteiger partial charge is 0.348 e. The van der Waals surface area contributed by atoms with Crippen LogP contribution >= 0.6 is 0 Å². The van der Waals surface area contributed by atoms with E-state index in [0.717, 1.165) is 11.1 Å². The summed E-state index contributed by atoms with van der Waals surface area (Å²) < 4.78 is 0. The normalized spacial score (nSPS) is 12.4. The van der Waals surface area contributed by atoms with E-state index in [4.69, 9.17) is 0 Å². The highest BCUT2D eigenvalue weighted by Gasteiger charge is 2.08. The quantitative estimate of drug-likeness (QED) is 0.508. The molecular formula is C23H28N2O2. The maximum Gasteiger partial charge on any atom is 0.251 e. The van der Waals surface area contributed by atoms with E-state index in [-0.39, 0.29) is 11.8 Å².